The largest absolute Gasteiger partial charge is 0.465 e. The van der Waals surface area contributed by atoms with Crippen molar-refractivity contribution in [2.45, 2.75) is 17.5 Å². The molecule has 0 spiro atoms. The fraction of sp³-hybridized carbons (Fsp3) is 0.318. The number of amides is 3. The molecule has 2 aromatic carbocycles. The molecule has 0 radical (unpaired) electrons. The quantitative estimate of drug-likeness (QED) is 0.376. The molecule has 3 amide bonds. The minimum atomic E-state index is -1.20. The van der Waals surface area contributed by atoms with Crippen molar-refractivity contribution >= 4 is 34.4 Å². The summed E-state index contributed by atoms with van der Waals surface area (Å²) in [4.78, 5) is 39.9. The first-order valence-electron chi connectivity index (χ1n) is 10.4. The van der Waals surface area contributed by atoms with E-state index in [9.17, 15) is 23.7 Å². The predicted octanol–water partition coefficient (Wildman–Crippen LogP) is 1.03. The topological polar surface area (TPSA) is 139 Å². The third kappa shape index (κ3) is 4.83. The SMILES string of the molecule is O=C(N[C@@H]1CN(C(=O)O)C[C@@H]1C(=O)NO)c1ccc(CN2CCS(=O)c3ccccc32)cc1. The third-order valence-corrected chi connectivity index (χ3v) is 7.33. The van der Waals surface area contributed by atoms with E-state index >= 15 is 0 Å². The summed E-state index contributed by atoms with van der Waals surface area (Å²) in [6, 6.07) is 13.9. The summed E-state index contributed by atoms with van der Waals surface area (Å²) < 4.78 is 12.3. The molecule has 4 N–H and O–H groups in total. The molecular weight excluding hydrogens is 448 g/mol. The molecule has 2 heterocycles. The Bertz CT molecular complexity index is 1090. The minimum Gasteiger partial charge on any atom is -0.465 e. The van der Waals surface area contributed by atoms with Gasteiger partial charge in [0.2, 0.25) is 5.91 Å². The molecule has 1 unspecified atom stereocenters. The van der Waals surface area contributed by atoms with Crippen LogP contribution in [-0.4, -0.2) is 68.8 Å². The molecule has 0 aliphatic carbocycles. The van der Waals surface area contributed by atoms with E-state index < -0.39 is 40.7 Å². The van der Waals surface area contributed by atoms with E-state index in [1.165, 1.54) is 5.48 Å². The van der Waals surface area contributed by atoms with E-state index in [0.717, 1.165) is 21.0 Å². The highest BCUT2D eigenvalue weighted by Gasteiger charge is 2.40. The van der Waals surface area contributed by atoms with Gasteiger partial charge < -0.3 is 20.2 Å². The number of carbonyl (C=O) groups is 3. The fourth-order valence-electron chi connectivity index (χ4n) is 4.19. The van der Waals surface area contributed by atoms with Gasteiger partial charge in [0.05, 0.1) is 33.3 Å². The Morgan fingerprint density at radius 2 is 1.79 bits per heavy atom. The van der Waals surface area contributed by atoms with E-state index in [1.54, 1.807) is 12.1 Å². The van der Waals surface area contributed by atoms with Gasteiger partial charge in [-0.25, -0.2) is 10.3 Å². The molecule has 0 bridgehead atoms. The average Bonchev–Trinajstić information content (AvgIpc) is 3.25. The Kier molecular flexibility index (Phi) is 6.61. The van der Waals surface area contributed by atoms with Crippen LogP contribution in [0.5, 0.6) is 0 Å². The number of rotatable bonds is 5. The van der Waals surface area contributed by atoms with Gasteiger partial charge in [0.15, 0.2) is 0 Å². The molecular formula is C22H24N4O6S. The number of carboxylic acid groups (broad SMARTS) is 1. The number of anilines is 1. The van der Waals surface area contributed by atoms with Gasteiger partial charge in [0.25, 0.3) is 5.91 Å². The van der Waals surface area contributed by atoms with Gasteiger partial charge >= 0.3 is 6.09 Å². The summed E-state index contributed by atoms with van der Waals surface area (Å²) in [6.07, 6.45) is -1.20. The van der Waals surface area contributed by atoms with Gasteiger partial charge in [-0.2, -0.15) is 0 Å². The zero-order valence-electron chi connectivity index (χ0n) is 17.6. The molecule has 10 nitrogen and oxygen atoms in total. The first-order chi connectivity index (χ1) is 15.9. The second-order valence-electron chi connectivity index (χ2n) is 7.99. The average molecular weight is 473 g/mol. The second-order valence-corrected chi connectivity index (χ2v) is 9.53. The summed E-state index contributed by atoms with van der Waals surface area (Å²) >= 11 is 0. The highest BCUT2D eigenvalue weighted by atomic mass is 32.2. The van der Waals surface area contributed by atoms with Crippen LogP contribution in [0.3, 0.4) is 0 Å². The summed E-state index contributed by atoms with van der Waals surface area (Å²) in [6.45, 7) is 1.10. The number of nitrogens with one attached hydrogen (secondary N) is 2. The van der Waals surface area contributed by atoms with Crippen LogP contribution >= 0.6 is 0 Å². The maximum Gasteiger partial charge on any atom is 0.407 e. The van der Waals surface area contributed by atoms with Crippen molar-refractivity contribution in [3.63, 3.8) is 0 Å². The van der Waals surface area contributed by atoms with E-state index in [1.807, 2.05) is 36.4 Å². The van der Waals surface area contributed by atoms with Gasteiger partial charge in [-0.3, -0.25) is 19.0 Å². The number of nitrogens with zero attached hydrogens (tertiary/aromatic N) is 2. The van der Waals surface area contributed by atoms with Crippen LogP contribution in [0.25, 0.3) is 0 Å². The Labute approximate surface area is 192 Å². The molecule has 0 aromatic heterocycles. The number of fused-ring (bicyclic) bond motifs is 1. The van der Waals surface area contributed by atoms with Gasteiger partial charge in [-0.1, -0.05) is 24.3 Å². The van der Waals surface area contributed by atoms with Crippen molar-refractivity contribution in [1.29, 1.82) is 0 Å². The van der Waals surface area contributed by atoms with Gasteiger partial charge in [-0.15, -0.1) is 0 Å². The molecule has 2 aromatic rings. The zero-order valence-corrected chi connectivity index (χ0v) is 18.5. The molecule has 33 heavy (non-hydrogen) atoms. The highest BCUT2D eigenvalue weighted by molar-refractivity contribution is 7.85. The lowest BCUT2D eigenvalue weighted by Gasteiger charge is -2.30. The van der Waals surface area contributed by atoms with Crippen LogP contribution in [0.15, 0.2) is 53.4 Å². The highest BCUT2D eigenvalue weighted by Crippen LogP contribution is 2.29. The van der Waals surface area contributed by atoms with Gasteiger partial charge in [-0.05, 0) is 29.8 Å². The molecule has 11 heteroatoms. The lowest BCUT2D eigenvalue weighted by Crippen LogP contribution is -2.45. The van der Waals surface area contributed by atoms with Crippen molar-refractivity contribution in [2.75, 3.05) is 30.3 Å². The van der Waals surface area contributed by atoms with Crippen molar-refractivity contribution in [2.24, 2.45) is 5.92 Å². The minimum absolute atomic E-state index is 0.0486. The summed E-state index contributed by atoms with van der Waals surface area (Å²) in [5, 5.41) is 20.8. The Balaban J connectivity index is 1.42. The number of benzene rings is 2. The van der Waals surface area contributed by atoms with E-state index in [2.05, 4.69) is 10.2 Å². The Morgan fingerprint density at radius 1 is 1.06 bits per heavy atom. The van der Waals surface area contributed by atoms with Crippen molar-refractivity contribution in [1.82, 2.24) is 15.7 Å². The van der Waals surface area contributed by atoms with Gasteiger partial charge in [0.1, 0.15) is 0 Å². The Morgan fingerprint density at radius 3 is 2.48 bits per heavy atom. The maximum absolute atomic E-state index is 12.7. The molecule has 174 valence electrons. The van der Waals surface area contributed by atoms with Crippen LogP contribution in [0, 0.1) is 5.92 Å². The summed E-state index contributed by atoms with van der Waals surface area (Å²) in [5.74, 6) is -1.51. The molecule has 1 saturated heterocycles. The molecule has 2 aliphatic rings. The van der Waals surface area contributed by atoms with E-state index in [-0.39, 0.29) is 13.1 Å². The number of hydrogen-bond acceptors (Lipinski definition) is 6. The molecule has 0 saturated carbocycles. The van der Waals surface area contributed by atoms with Crippen LogP contribution in [0.2, 0.25) is 0 Å². The van der Waals surface area contributed by atoms with Crippen molar-refractivity contribution in [3.8, 4) is 0 Å². The monoisotopic (exact) mass is 472 g/mol. The molecule has 4 rings (SSSR count). The van der Waals surface area contributed by atoms with Gasteiger partial charge in [0, 0.05) is 37.5 Å². The predicted molar refractivity (Wildman–Crippen MR) is 119 cm³/mol. The number of hydroxylamine groups is 1. The van der Waals surface area contributed by atoms with Crippen LogP contribution in [-0.2, 0) is 22.1 Å². The summed E-state index contributed by atoms with van der Waals surface area (Å²) in [7, 11) is -0.998. The van der Waals surface area contributed by atoms with E-state index in [4.69, 9.17) is 5.21 Å². The zero-order chi connectivity index (χ0) is 23.5. The van der Waals surface area contributed by atoms with E-state index in [0.29, 0.717) is 24.4 Å². The van der Waals surface area contributed by atoms with Crippen LogP contribution in [0.4, 0.5) is 10.5 Å². The van der Waals surface area contributed by atoms with Crippen molar-refractivity contribution in [3.05, 3.63) is 59.7 Å². The second kappa shape index (κ2) is 9.59. The standard InChI is InChI=1S/C22H24N4O6S/c27-20(23-17-13-26(22(29)30)12-16(17)21(28)24-31)15-7-5-14(6-8-15)11-25-9-10-33(32)19-4-2-1-3-18(19)25/h1-8,16-17,31H,9-13H2,(H,23,27)(H,24,28)(H,29,30)/t16-,17+,33?/m0/s1. The number of hydrogen-bond donors (Lipinski definition) is 4. The Hall–Kier alpha value is -3.44. The number of carbonyl (C=O) groups excluding carboxylic acids is 2. The normalized spacial score (nSPS) is 21.9. The summed E-state index contributed by atoms with van der Waals surface area (Å²) in [5.41, 5.74) is 3.83. The molecule has 3 atom stereocenters. The number of likely N-dealkylation sites (tertiary alicyclic amines) is 1. The van der Waals surface area contributed by atoms with Crippen LogP contribution in [0.1, 0.15) is 15.9 Å². The number of para-hydroxylation sites is 1. The lowest BCUT2D eigenvalue weighted by molar-refractivity contribution is -0.133. The first kappa shape index (κ1) is 22.7. The van der Waals surface area contributed by atoms with Crippen LogP contribution < -0.4 is 15.7 Å². The smallest absolute Gasteiger partial charge is 0.407 e. The lowest BCUT2D eigenvalue weighted by atomic mass is 10.0. The molecule has 1 fully saturated rings. The first-order valence-corrected chi connectivity index (χ1v) is 11.7. The van der Waals surface area contributed by atoms with Crippen molar-refractivity contribution < 1.29 is 28.9 Å². The molecule has 2 aliphatic heterocycles. The fourth-order valence-corrected chi connectivity index (χ4v) is 5.45. The maximum atomic E-state index is 12.7. The third-order valence-electron chi connectivity index (χ3n) is 5.94.